The summed E-state index contributed by atoms with van der Waals surface area (Å²) >= 11 is 0. The minimum atomic E-state index is -0.197. The Balaban J connectivity index is 1.62. The van der Waals surface area contributed by atoms with Gasteiger partial charge in [-0.25, -0.2) is 0 Å². The number of unbranched alkanes of at least 4 members (excludes halogenated alkanes) is 1. The summed E-state index contributed by atoms with van der Waals surface area (Å²) < 4.78 is 5.22. The Morgan fingerprint density at radius 3 is 2.75 bits per heavy atom. The molecule has 0 N–H and O–H groups in total. The third-order valence-corrected chi connectivity index (χ3v) is 6.14. The summed E-state index contributed by atoms with van der Waals surface area (Å²) in [7, 11) is 3.93. The molecule has 0 saturated carbocycles. The van der Waals surface area contributed by atoms with Gasteiger partial charge in [-0.2, -0.15) is 0 Å². The fourth-order valence-corrected chi connectivity index (χ4v) is 5.03. The molecule has 0 aromatic heterocycles. The zero-order valence-electron chi connectivity index (χ0n) is 11.2. The van der Waals surface area contributed by atoms with Crippen molar-refractivity contribution < 1.29 is 14.3 Å². The highest BCUT2D eigenvalue weighted by Crippen LogP contribution is 2.39. The van der Waals surface area contributed by atoms with E-state index < -0.39 is 0 Å². The Morgan fingerprint density at radius 2 is 2.10 bits per heavy atom. The highest BCUT2D eigenvalue weighted by molar-refractivity contribution is 8.77. The van der Waals surface area contributed by atoms with Crippen LogP contribution in [-0.2, 0) is 4.79 Å². The number of hydrogen-bond donors (Lipinski definition) is 0. The third kappa shape index (κ3) is 5.21. The van der Waals surface area contributed by atoms with Gasteiger partial charge in [0.25, 0.3) is 0 Å². The van der Waals surface area contributed by atoms with E-state index in [2.05, 4.69) is 0 Å². The zero-order chi connectivity index (χ0) is 14.2. The molecule has 5 heteroatoms. The fourth-order valence-electron chi connectivity index (χ4n) is 2.00. The van der Waals surface area contributed by atoms with Gasteiger partial charge in [0.05, 0.1) is 0 Å². The van der Waals surface area contributed by atoms with E-state index in [9.17, 15) is 9.59 Å². The van der Waals surface area contributed by atoms with Gasteiger partial charge in [-0.1, -0.05) is 28.0 Å². The predicted octanol–water partition coefficient (Wildman–Crippen LogP) is 4.12. The third-order valence-electron chi connectivity index (χ3n) is 3.13. The van der Waals surface area contributed by atoms with Crippen LogP contribution in [0.15, 0.2) is 24.3 Å². The maximum Gasteiger partial charge on any atom is 0.311 e. The molecule has 1 fully saturated rings. The van der Waals surface area contributed by atoms with Gasteiger partial charge >= 0.3 is 5.97 Å². The molecule has 1 heterocycles. The van der Waals surface area contributed by atoms with E-state index >= 15 is 0 Å². The minimum Gasteiger partial charge on any atom is -0.427 e. The molecule has 1 atom stereocenters. The van der Waals surface area contributed by atoms with Crippen LogP contribution in [0.3, 0.4) is 0 Å². The molecule has 20 heavy (non-hydrogen) atoms. The van der Waals surface area contributed by atoms with E-state index in [1.807, 2.05) is 21.6 Å². The molecular weight excluding hydrogens is 292 g/mol. The Kier molecular flexibility index (Phi) is 6.47. The van der Waals surface area contributed by atoms with Crippen LogP contribution in [0.2, 0.25) is 0 Å². The summed E-state index contributed by atoms with van der Waals surface area (Å²) in [6.07, 6.45) is 5.68. The first kappa shape index (κ1) is 15.4. The van der Waals surface area contributed by atoms with Crippen LogP contribution < -0.4 is 4.74 Å². The van der Waals surface area contributed by atoms with Crippen molar-refractivity contribution in [1.29, 1.82) is 0 Å². The molecule has 1 saturated heterocycles. The average Bonchev–Trinajstić information content (AvgIpc) is 2.98. The van der Waals surface area contributed by atoms with Crippen LogP contribution in [-0.4, -0.2) is 23.3 Å². The first-order chi connectivity index (χ1) is 9.78. The largest absolute Gasteiger partial charge is 0.427 e. The van der Waals surface area contributed by atoms with Crippen LogP contribution in [0.4, 0.5) is 0 Å². The van der Waals surface area contributed by atoms with Crippen molar-refractivity contribution in [3.05, 3.63) is 29.8 Å². The predicted molar refractivity (Wildman–Crippen MR) is 84.4 cm³/mol. The van der Waals surface area contributed by atoms with Crippen LogP contribution in [0.1, 0.15) is 42.5 Å². The van der Waals surface area contributed by atoms with Gasteiger partial charge in [-0.15, -0.1) is 0 Å². The second-order valence-corrected chi connectivity index (χ2v) is 7.52. The topological polar surface area (TPSA) is 43.4 Å². The molecule has 1 aromatic carbocycles. The number of carbonyl (C=O) groups excluding carboxylic acids is 2. The number of hydrogen-bond acceptors (Lipinski definition) is 5. The van der Waals surface area contributed by atoms with Gasteiger partial charge in [0.1, 0.15) is 12.0 Å². The van der Waals surface area contributed by atoms with Gasteiger partial charge < -0.3 is 4.74 Å². The molecule has 0 amide bonds. The minimum absolute atomic E-state index is 0.197. The second-order valence-electron chi connectivity index (χ2n) is 4.74. The first-order valence-electron chi connectivity index (χ1n) is 6.82. The van der Waals surface area contributed by atoms with Gasteiger partial charge in [-0.3, -0.25) is 9.59 Å². The summed E-state index contributed by atoms with van der Waals surface area (Å²) in [6, 6.07) is 6.58. The molecule has 1 unspecified atom stereocenters. The molecule has 3 nitrogen and oxygen atoms in total. The summed E-state index contributed by atoms with van der Waals surface area (Å²) in [5.41, 5.74) is 0.580. The summed E-state index contributed by atoms with van der Waals surface area (Å²) in [6.45, 7) is 0. The molecule has 1 aliphatic rings. The Labute approximate surface area is 127 Å². The maximum absolute atomic E-state index is 11.7. The Morgan fingerprint density at radius 1 is 1.30 bits per heavy atom. The Hall–Kier alpha value is -0.940. The van der Waals surface area contributed by atoms with Crippen LogP contribution >= 0.6 is 21.6 Å². The van der Waals surface area contributed by atoms with Crippen LogP contribution in [0.5, 0.6) is 5.75 Å². The van der Waals surface area contributed by atoms with E-state index in [1.54, 1.807) is 24.3 Å². The smallest absolute Gasteiger partial charge is 0.311 e. The van der Waals surface area contributed by atoms with Crippen molar-refractivity contribution in [1.82, 2.24) is 0 Å². The van der Waals surface area contributed by atoms with Crippen LogP contribution in [0.25, 0.3) is 0 Å². The molecule has 0 spiro atoms. The van der Waals surface area contributed by atoms with Gasteiger partial charge in [0, 0.05) is 23.0 Å². The van der Waals surface area contributed by atoms with E-state index in [-0.39, 0.29) is 5.97 Å². The molecular formula is C15H18O3S2. The summed E-state index contributed by atoms with van der Waals surface area (Å²) in [5.74, 6) is 1.56. The lowest BCUT2D eigenvalue weighted by atomic mass is 10.1. The lowest BCUT2D eigenvalue weighted by molar-refractivity contribution is -0.134. The number of benzene rings is 1. The average molecular weight is 310 g/mol. The normalized spacial score (nSPS) is 17.9. The fraction of sp³-hybridized carbons (Fsp3) is 0.467. The number of ether oxygens (including phenoxy) is 1. The molecule has 0 aliphatic carbocycles. The molecule has 108 valence electrons. The van der Waals surface area contributed by atoms with Gasteiger partial charge in [-0.05, 0) is 43.5 Å². The van der Waals surface area contributed by atoms with E-state index in [4.69, 9.17) is 4.74 Å². The highest BCUT2D eigenvalue weighted by atomic mass is 33.1. The standard InChI is InChI=1S/C15H18O3S2/c16-11-12-5-7-13(8-6-12)18-15(17)4-2-1-3-14-9-10-19-20-14/h5-8,11,14H,1-4,9-10H2. The molecule has 0 radical (unpaired) electrons. The molecule has 0 bridgehead atoms. The number of aldehydes is 1. The lowest BCUT2D eigenvalue weighted by Crippen LogP contribution is -2.08. The van der Waals surface area contributed by atoms with Gasteiger partial charge in [0.15, 0.2) is 0 Å². The Bertz CT molecular complexity index is 439. The summed E-state index contributed by atoms with van der Waals surface area (Å²) in [4.78, 5) is 22.2. The monoisotopic (exact) mass is 310 g/mol. The van der Waals surface area contributed by atoms with Crippen molar-refractivity contribution in [3.8, 4) is 5.75 Å². The van der Waals surface area contributed by atoms with Crippen molar-refractivity contribution in [3.63, 3.8) is 0 Å². The lowest BCUT2D eigenvalue weighted by Gasteiger charge is -2.07. The SMILES string of the molecule is O=Cc1ccc(OC(=O)CCCCC2CCSS2)cc1. The molecule has 1 aromatic rings. The molecule has 1 aliphatic heterocycles. The second kappa shape index (κ2) is 8.37. The van der Waals surface area contributed by atoms with E-state index in [0.29, 0.717) is 17.7 Å². The van der Waals surface area contributed by atoms with Crippen LogP contribution in [0, 0.1) is 0 Å². The maximum atomic E-state index is 11.7. The number of carbonyl (C=O) groups is 2. The number of rotatable bonds is 7. The van der Waals surface area contributed by atoms with Crippen molar-refractivity contribution >= 4 is 33.8 Å². The van der Waals surface area contributed by atoms with Crippen molar-refractivity contribution in [2.24, 2.45) is 0 Å². The first-order valence-corrected chi connectivity index (χ1v) is 9.20. The van der Waals surface area contributed by atoms with E-state index in [0.717, 1.165) is 24.4 Å². The van der Waals surface area contributed by atoms with Gasteiger partial charge in [0.2, 0.25) is 0 Å². The zero-order valence-corrected chi connectivity index (χ0v) is 12.9. The van der Waals surface area contributed by atoms with Crippen molar-refractivity contribution in [2.45, 2.75) is 37.4 Å². The summed E-state index contributed by atoms with van der Waals surface area (Å²) in [5, 5.41) is 0.770. The molecule has 2 rings (SSSR count). The van der Waals surface area contributed by atoms with Crippen molar-refractivity contribution in [2.75, 3.05) is 5.75 Å². The van der Waals surface area contributed by atoms with E-state index in [1.165, 1.54) is 18.6 Å². The quantitative estimate of drug-likeness (QED) is 0.249. The highest BCUT2D eigenvalue weighted by Gasteiger charge is 2.16. The number of esters is 1.